The van der Waals surface area contributed by atoms with E-state index in [-0.39, 0.29) is 19.3 Å². The van der Waals surface area contributed by atoms with E-state index >= 15 is 0 Å². The second-order valence-corrected chi connectivity index (χ2v) is 5.20. The predicted octanol–water partition coefficient (Wildman–Crippen LogP) is 2.41. The summed E-state index contributed by atoms with van der Waals surface area (Å²) in [5.41, 5.74) is -0.122. The fourth-order valence-corrected chi connectivity index (χ4v) is 1.09. The second kappa shape index (κ2) is 7.85. The van der Waals surface area contributed by atoms with Gasteiger partial charge in [0.2, 0.25) is 0 Å². The minimum absolute atomic E-state index is 0.126. The summed E-state index contributed by atoms with van der Waals surface area (Å²) in [6.45, 7) is 15.8. The third kappa shape index (κ3) is 6.52. The first-order valence-electron chi connectivity index (χ1n) is 6.41. The fraction of sp³-hybridized carbons (Fsp3) is 0.600. The molecule has 0 aromatic carbocycles. The molecule has 0 spiro atoms. The SMILES string of the molecule is C=C(C)C(=O)OCCOC(C)C(C)(C)OC(=O)C(=C)C. The zero-order valence-electron chi connectivity index (χ0n) is 12.9. The van der Waals surface area contributed by atoms with Crippen molar-refractivity contribution in [3.05, 3.63) is 24.3 Å². The smallest absolute Gasteiger partial charge is 0.333 e. The summed E-state index contributed by atoms with van der Waals surface area (Å²) in [6, 6.07) is 0. The fourth-order valence-electron chi connectivity index (χ4n) is 1.09. The summed E-state index contributed by atoms with van der Waals surface area (Å²) in [4.78, 5) is 22.6. The normalized spacial score (nSPS) is 12.4. The molecule has 0 amide bonds. The second-order valence-electron chi connectivity index (χ2n) is 5.20. The van der Waals surface area contributed by atoms with Gasteiger partial charge in [-0.3, -0.25) is 0 Å². The van der Waals surface area contributed by atoms with E-state index in [9.17, 15) is 9.59 Å². The van der Waals surface area contributed by atoms with Gasteiger partial charge in [-0.05, 0) is 34.6 Å². The average Bonchev–Trinajstić information content (AvgIpc) is 2.32. The molecule has 0 aromatic rings. The van der Waals surface area contributed by atoms with Gasteiger partial charge < -0.3 is 14.2 Å². The van der Waals surface area contributed by atoms with Gasteiger partial charge in [-0.15, -0.1) is 0 Å². The molecule has 20 heavy (non-hydrogen) atoms. The van der Waals surface area contributed by atoms with Crippen molar-refractivity contribution in [2.24, 2.45) is 0 Å². The summed E-state index contributed by atoms with van der Waals surface area (Å²) < 4.78 is 15.7. The molecule has 0 rings (SSSR count). The van der Waals surface area contributed by atoms with Gasteiger partial charge in [-0.2, -0.15) is 0 Å². The summed E-state index contributed by atoms with van der Waals surface area (Å²) in [5.74, 6) is -0.909. The molecule has 0 aliphatic carbocycles. The molecular formula is C15H24O5. The Morgan fingerprint density at radius 2 is 1.55 bits per heavy atom. The van der Waals surface area contributed by atoms with Crippen molar-refractivity contribution in [3.63, 3.8) is 0 Å². The third-order valence-electron chi connectivity index (χ3n) is 2.72. The molecular weight excluding hydrogens is 260 g/mol. The van der Waals surface area contributed by atoms with E-state index in [0.29, 0.717) is 11.1 Å². The Morgan fingerprint density at radius 1 is 1.05 bits per heavy atom. The quantitative estimate of drug-likeness (QED) is 0.389. The van der Waals surface area contributed by atoms with Crippen LogP contribution in [0.1, 0.15) is 34.6 Å². The summed E-state index contributed by atoms with van der Waals surface area (Å²) in [5, 5.41) is 0. The Bertz CT molecular complexity index is 395. The van der Waals surface area contributed by atoms with Gasteiger partial charge in [-0.1, -0.05) is 13.2 Å². The molecule has 1 unspecified atom stereocenters. The van der Waals surface area contributed by atoms with E-state index in [0.717, 1.165) is 0 Å². The first-order chi connectivity index (χ1) is 9.08. The van der Waals surface area contributed by atoms with E-state index in [1.807, 2.05) is 0 Å². The molecule has 0 heterocycles. The summed E-state index contributed by atoms with van der Waals surface area (Å²) in [7, 11) is 0. The largest absolute Gasteiger partial charge is 0.460 e. The van der Waals surface area contributed by atoms with Crippen molar-refractivity contribution >= 4 is 11.9 Å². The minimum Gasteiger partial charge on any atom is -0.460 e. The van der Waals surface area contributed by atoms with Crippen LogP contribution in [0.15, 0.2) is 24.3 Å². The molecule has 0 N–H and O–H groups in total. The van der Waals surface area contributed by atoms with E-state index < -0.39 is 17.5 Å². The van der Waals surface area contributed by atoms with Crippen LogP contribution >= 0.6 is 0 Å². The number of hydrogen-bond acceptors (Lipinski definition) is 5. The predicted molar refractivity (Wildman–Crippen MR) is 76.2 cm³/mol. The van der Waals surface area contributed by atoms with Gasteiger partial charge >= 0.3 is 11.9 Å². The molecule has 0 saturated carbocycles. The maximum Gasteiger partial charge on any atom is 0.333 e. The van der Waals surface area contributed by atoms with Crippen LogP contribution in [-0.2, 0) is 23.8 Å². The summed E-state index contributed by atoms with van der Waals surface area (Å²) in [6.07, 6.45) is -0.352. The molecule has 1 atom stereocenters. The Morgan fingerprint density at radius 3 is 2.00 bits per heavy atom. The van der Waals surface area contributed by atoms with E-state index in [1.165, 1.54) is 0 Å². The van der Waals surface area contributed by atoms with Crippen molar-refractivity contribution in [1.29, 1.82) is 0 Å². The van der Waals surface area contributed by atoms with Crippen molar-refractivity contribution in [2.45, 2.75) is 46.3 Å². The summed E-state index contributed by atoms with van der Waals surface area (Å²) >= 11 is 0. The highest BCUT2D eigenvalue weighted by atomic mass is 16.6. The molecule has 0 fully saturated rings. The van der Waals surface area contributed by atoms with Crippen LogP contribution < -0.4 is 0 Å². The lowest BCUT2D eigenvalue weighted by Crippen LogP contribution is -2.41. The minimum atomic E-state index is -0.797. The number of carbonyl (C=O) groups excluding carboxylic acids is 2. The molecule has 0 aliphatic heterocycles. The van der Waals surface area contributed by atoms with Gasteiger partial charge in [-0.25, -0.2) is 9.59 Å². The van der Waals surface area contributed by atoms with Crippen LogP contribution in [0.3, 0.4) is 0 Å². The van der Waals surface area contributed by atoms with Gasteiger partial charge in [0.25, 0.3) is 0 Å². The lowest BCUT2D eigenvalue weighted by atomic mass is 10.0. The van der Waals surface area contributed by atoms with Crippen LogP contribution in [0, 0.1) is 0 Å². The molecule has 0 saturated heterocycles. The molecule has 0 aliphatic rings. The maximum absolute atomic E-state index is 11.5. The Hall–Kier alpha value is -1.62. The van der Waals surface area contributed by atoms with Crippen LogP contribution in [0.25, 0.3) is 0 Å². The lowest BCUT2D eigenvalue weighted by molar-refractivity contribution is -0.167. The van der Waals surface area contributed by atoms with Gasteiger partial charge in [0.05, 0.1) is 12.7 Å². The Kier molecular flexibility index (Phi) is 7.21. The zero-order chi connectivity index (χ0) is 15.9. The first-order valence-corrected chi connectivity index (χ1v) is 6.41. The van der Waals surface area contributed by atoms with E-state index in [1.54, 1.807) is 34.6 Å². The Balaban J connectivity index is 4.16. The number of esters is 2. The zero-order valence-corrected chi connectivity index (χ0v) is 12.9. The number of hydrogen-bond donors (Lipinski definition) is 0. The number of rotatable bonds is 8. The van der Waals surface area contributed by atoms with Gasteiger partial charge in [0.15, 0.2) is 0 Å². The van der Waals surface area contributed by atoms with Crippen LogP contribution in [0.2, 0.25) is 0 Å². The van der Waals surface area contributed by atoms with Crippen molar-refractivity contribution in [1.82, 2.24) is 0 Å². The van der Waals surface area contributed by atoms with Crippen molar-refractivity contribution < 1.29 is 23.8 Å². The van der Waals surface area contributed by atoms with Crippen LogP contribution in [-0.4, -0.2) is 36.9 Å². The highest BCUT2D eigenvalue weighted by molar-refractivity contribution is 5.87. The molecule has 5 nitrogen and oxygen atoms in total. The average molecular weight is 284 g/mol. The van der Waals surface area contributed by atoms with Crippen LogP contribution in [0.4, 0.5) is 0 Å². The molecule has 114 valence electrons. The van der Waals surface area contributed by atoms with Gasteiger partial charge in [0.1, 0.15) is 12.2 Å². The van der Waals surface area contributed by atoms with E-state index in [2.05, 4.69) is 13.2 Å². The molecule has 0 bridgehead atoms. The standard InChI is InChI=1S/C15H24O5/c1-10(2)13(16)19-9-8-18-12(5)15(6,7)20-14(17)11(3)4/h12H,1,3,8-9H2,2,4-7H3. The molecule has 0 radical (unpaired) electrons. The monoisotopic (exact) mass is 284 g/mol. The number of carbonyl (C=O) groups is 2. The molecule has 5 heteroatoms. The Labute approximate surface area is 120 Å². The highest BCUT2D eigenvalue weighted by Gasteiger charge is 2.31. The van der Waals surface area contributed by atoms with Crippen LogP contribution in [0.5, 0.6) is 0 Å². The first kappa shape index (κ1) is 18.4. The lowest BCUT2D eigenvalue weighted by Gasteiger charge is -2.31. The highest BCUT2D eigenvalue weighted by Crippen LogP contribution is 2.19. The van der Waals surface area contributed by atoms with E-state index in [4.69, 9.17) is 14.2 Å². The van der Waals surface area contributed by atoms with Gasteiger partial charge in [0, 0.05) is 11.1 Å². The van der Waals surface area contributed by atoms with Crippen molar-refractivity contribution in [2.75, 3.05) is 13.2 Å². The molecule has 0 aromatic heterocycles. The topological polar surface area (TPSA) is 61.8 Å². The number of ether oxygens (including phenoxy) is 3. The third-order valence-corrected chi connectivity index (χ3v) is 2.72. The van der Waals surface area contributed by atoms with Crippen molar-refractivity contribution in [3.8, 4) is 0 Å². The maximum atomic E-state index is 11.5.